The second-order valence-electron chi connectivity index (χ2n) is 6.16. The van der Waals surface area contributed by atoms with Crippen molar-refractivity contribution in [3.05, 3.63) is 18.2 Å². The second kappa shape index (κ2) is 6.25. The molecule has 0 amide bonds. The molecule has 0 saturated heterocycles. The Morgan fingerprint density at radius 2 is 2.14 bits per heavy atom. The summed E-state index contributed by atoms with van der Waals surface area (Å²) in [5, 5.41) is 10.3. The van der Waals surface area contributed by atoms with E-state index in [2.05, 4.69) is 30.7 Å². The third-order valence-electron chi connectivity index (χ3n) is 3.51. The lowest BCUT2D eigenvalue weighted by Gasteiger charge is -2.32. The van der Waals surface area contributed by atoms with Gasteiger partial charge in [0.25, 0.3) is 0 Å². The number of hydrogen-bond donors (Lipinski definition) is 3. The van der Waals surface area contributed by atoms with E-state index < -0.39 is 0 Å². The van der Waals surface area contributed by atoms with Crippen molar-refractivity contribution in [2.24, 2.45) is 11.1 Å². The molecule has 2 aromatic rings. The van der Waals surface area contributed by atoms with Gasteiger partial charge >= 0.3 is 0 Å². The summed E-state index contributed by atoms with van der Waals surface area (Å²) in [6.45, 7) is 6.24. The van der Waals surface area contributed by atoms with E-state index in [-0.39, 0.29) is 23.3 Å². The Morgan fingerprint density at radius 3 is 2.71 bits per heavy atom. The number of thioether (sulfide) groups is 1. The fourth-order valence-electron chi connectivity index (χ4n) is 2.07. The quantitative estimate of drug-likeness (QED) is 0.739. The molecule has 0 radical (unpaired) electrons. The van der Waals surface area contributed by atoms with Crippen molar-refractivity contribution in [2.45, 2.75) is 37.2 Å². The minimum atomic E-state index is -0.129. The minimum Gasteiger partial charge on any atom is -0.497 e. The molecule has 0 fully saturated rings. The number of benzene rings is 1. The van der Waals surface area contributed by atoms with Crippen molar-refractivity contribution in [2.75, 3.05) is 13.7 Å². The standard InChI is InChI=1S/C15H23N3O2S/c1-15(2,3)13(16)12(8-19)21-14-17-10-6-5-9(20-4)7-11(10)18-14/h5-7,12-13,19H,8,16H2,1-4H3,(H,17,18). The van der Waals surface area contributed by atoms with Gasteiger partial charge in [0.1, 0.15) is 5.75 Å². The first-order valence-corrected chi connectivity index (χ1v) is 7.80. The Hall–Kier alpha value is -1.24. The Bertz CT molecular complexity index is 606. The van der Waals surface area contributed by atoms with Crippen LogP contribution in [-0.4, -0.2) is 40.1 Å². The maximum absolute atomic E-state index is 9.62. The van der Waals surface area contributed by atoms with Gasteiger partial charge < -0.3 is 20.6 Å². The topological polar surface area (TPSA) is 84.2 Å². The Kier molecular flexibility index (Phi) is 4.81. The number of aliphatic hydroxyl groups is 1. The third-order valence-corrected chi connectivity index (χ3v) is 4.67. The van der Waals surface area contributed by atoms with E-state index in [0.717, 1.165) is 21.9 Å². The van der Waals surface area contributed by atoms with Crippen LogP contribution in [0.4, 0.5) is 0 Å². The number of fused-ring (bicyclic) bond motifs is 1. The van der Waals surface area contributed by atoms with Crippen LogP contribution in [0, 0.1) is 5.41 Å². The van der Waals surface area contributed by atoms with Crippen LogP contribution < -0.4 is 10.5 Å². The average molecular weight is 309 g/mol. The molecular weight excluding hydrogens is 286 g/mol. The highest BCUT2D eigenvalue weighted by atomic mass is 32.2. The number of hydrogen-bond acceptors (Lipinski definition) is 5. The average Bonchev–Trinajstić information content (AvgIpc) is 2.84. The summed E-state index contributed by atoms with van der Waals surface area (Å²) in [5.41, 5.74) is 7.97. The normalized spacial score (nSPS) is 15.1. The molecule has 116 valence electrons. The van der Waals surface area contributed by atoms with Crippen LogP contribution in [0.15, 0.2) is 23.4 Å². The van der Waals surface area contributed by atoms with Gasteiger partial charge in [0, 0.05) is 12.1 Å². The van der Waals surface area contributed by atoms with Crippen LogP contribution in [0.3, 0.4) is 0 Å². The molecule has 1 aromatic heterocycles. The number of nitrogens with one attached hydrogen (secondary N) is 1. The van der Waals surface area contributed by atoms with Gasteiger partial charge in [-0.1, -0.05) is 32.5 Å². The number of aromatic nitrogens is 2. The highest BCUT2D eigenvalue weighted by Gasteiger charge is 2.30. The molecule has 1 heterocycles. The molecule has 0 bridgehead atoms. The fourth-order valence-corrected chi connectivity index (χ4v) is 3.31. The Labute approximate surface area is 129 Å². The predicted molar refractivity (Wildman–Crippen MR) is 86.8 cm³/mol. The van der Waals surface area contributed by atoms with Crippen LogP contribution in [0.25, 0.3) is 11.0 Å². The number of imidazole rings is 1. The maximum Gasteiger partial charge on any atom is 0.166 e. The molecular formula is C15H23N3O2S. The Morgan fingerprint density at radius 1 is 1.43 bits per heavy atom. The molecule has 2 atom stereocenters. The summed E-state index contributed by atoms with van der Waals surface area (Å²) in [6, 6.07) is 5.56. The van der Waals surface area contributed by atoms with E-state index in [0.29, 0.717) is 0 Å². The number of nitrogens with zero attached hydrogens (tertiary/aromatic N) is 1. The van der Waals surface area contributed by atoms with Crippen molar-refractivity contribution >= 4 is 22.8 Å². The smallest absolute Gasteiger partial charge is 0.166 e. The van der Waals surface area contributed by atoms with E-state index in [1.165, 1.54) is 11.8 Å². The molecule has 5 nitrogen and oxygen atoms in total. The maximum atomic E-state index is 9.62. The van der Waals surface area contributed by atoms with Crippen LogP contribution >= 0.6 is 11.8 Å². The third kappa shape index (κ3) is 3.70. The summed E-state index contributed by atoms with van der Waals surface area (Å²) >= 11 is 1.48. The number of ether oxygens (including phenoxy) is 1. The molecule has 2 unspecified atom stereocenters. The van der Waals surface area contributed by atoms with Crippen molar-refractivity contribution in [3.8, 4) is 5.75 Å². The number of H-pyrrole nitrogens is 1. The van der Waals surface area contributed by atoms with Crippen LogP contribution in [0.1, 0.15) is 20.8 Å². The van der Waals surface area contributed by atoms with Gasteiger partial charge in [-0.15, -0.1) is 0 Å². The van der Waals surface area contributed by atoms with Crippen molar-refractivity contribution < 1.29 is 9.84 Å². The molecule has 0 saturated carbocycles. The first kappa shape index (κ1) is 16.1. The SMILES string of the molecule is COc1ccc2nc(SC(CO)C(N)C(C)(C)C)[nH]c2c1. The summed E-state index contributed by atoms with van der Waals surface area (Å²) in [5.74, 6) is 0.785. The van der Waals surface area contributed by atoms with E-state index in [9.17, 15) is 5.11 Å². The molecule has 1 aromatic carbocycles. The van der Waals surface area contributed by atoms with Gasteiger partial charge in [-0.2, -0.15) is 0 Å². The zero-order valence-electron chi connectivity index (χ0n) is 12.9. The van der Waals surface area contributed by atoms with E-state index in [1.807, 2.05) is 18.2 Å². The van der Waals surface area contributed by atoms with Gasteiger partial charge in [-0.05, 0) is 17.5 Å². The molecule has 0 aliphatic heterocycles. The van der Waals surface area contributed by atoms with Crippen LogP contribution in [0.5, 0.6) is 5.75 Å². The summed E-state index contributed by atoms with van der Waals surface area (Å²) in [7, 11) is 1.64. The van der Waals surface area contributed by atoms with Gasteiger partial charge in [0.05, 0.1) is 30.0 Å². The minimum absolute atomic E-state index is 0.0173. The molecule has 0 aliphatic carbocycles. The predicted octanol–water partition coefficient (Wildman–Crippen LogP) is 2.40. The first-order chi connectivity index (χ1) is 9.85. The van der Waals surface area contributed by atoms with Crippen molar-refractivity contribution in [1.29, 1.82) is 0 Å². The molecule has 4 N–H and O–H groups in total. The number of aromatic amines is 1. The second-order valence-corrected chi connectivity index (χ2v) is 7.38. The highest BCUT2D eigenvalue weighted by molar-refractivity contribution is 7.99. The number of rotatable bonds is 5. The number of methoxy groups -OCH3 is 1. The van der Waals surface area contributed by atoms with E-state index in [4.69, 9.17) is 10.5 Å². The number of aliphatic hydroxyl groups excluding tert-OH is 1. The van der Waals surface area contributed by atoms with Gasteiger partial charge in [0.15, 0.2) is 5.16 Å². The van der Waals surface area contributed by atoms with Gasteiger partial charge in [-0.25, -0.2) is 4.98 Å². The molecule has 2 rings (SSSR count). The molecule has 0 spiro atoms. The van der Waals surface area contributed by atoms with Gasteiger partial charge in [0.2, 0.25) is 0 Å². The van der Waals surface area contributed by atoms with Crippen LogP contribution in [0.2, 0.25) is 0 Å². The van der Waals surface area contributed by atoms with Crippen molar-refractivity contribution in [3.63, 3.8) is 0 Å². The molecule has 21 heavy (non-hydrogen) atoms. The first-order valence-electron chi connectivity index (χ1n) is 6.92. The Balaban J connectivity index is 2.21. The summed E-state index contributed by atoms with van der Waals surface area (Å²) < 4.78 is 5.20. The largest absolute Gasteiger partial charge is 0.497 e. The monoisotopic (exact) mass is 309 g/mol. The lowest BCUT2D eigenvalue weighted by Crippen LogP contribution is -2.45. The lowest BCUT2D eigenvalue weighted by atomic mass is 9.85. The zero-order chi connectivity index (χ0) is 15.6. The molecule has 6 heteroatoms. The van der Waals surface area contributed by atoms with Gasteiger partial charge in [-0.3, -0.25) is 0 Å². The molecule has 0 aliphatic rings. The van der Waals surface area contributed by atoms with E-state index >= 15 is 0 Å². The van der Waals surface area contributed by atoms with Crippen LogP contribution in [-0.2, 0) is 0 Å². The van der Waals surface area contributed by atoms with E-state index in [1.54, 1.807) is 7.11 Å². The highest BCUT2D eigenvalue weighted by Crippen LogP contribution is 2.31. The summed E-state index contributed by atoms with van der Waals surface area (Å²) in [6.07, 6.45) is 0. The summed E-state index contributed by atoms with van der Waals surface area (Å²) in [4.78, 5) is 7.77. The fraction of sp³-hybridized carbons (Fsp3) is 0.533. The number of nitrogens with two attached hydrogens (primary N) is 1. The van der Waals surface area contributed by atoms with Crippen molar-refractivity contribution in [1.82, 2.24) is 9.97 Å². The lowest BCUT2D eigenvalue weighted by molar-refractivity contribution is 0.233. The zero-order valence-corrected chi connectivity index (χ0v) is 13.7.